The summed E-state index contributed by atoms with van der Waals surface area (Å²) in [4.78, 5) is 25.0. The Labute approximate surface area is 223 Å². The van der Waals surface area contributed by atoms with Gasteiger partial charge in [0.25, 0.3) is 5.91 Å². The topological polar surface area (TPSA) is 84.9 Å². The number of nitrogens with one attached hydrogen (secondary N) is 1. The summed E-state index contributed by atoms with van der Waals surface area (Å²) in [5.41, 5.74) is 5.05. The van der Waals surface area contributed by atoms with Gasteiger partial charge in [-0.05, 0) is 72.2 Å². The largest absolute Gasteiger partial charge is 0.480 e. The molecule has 0 aromatic heterocycles. The van der Waals surface area contributed by atoms with Crippen LogP contribution in [0.1, 0.15) is 46.5 Å². The van der Waals surface area contributed by atoms with Gasteiger partial charge in [0.15, 0.2) is 0 Å². The number of carbonyl (C=O) groups excluding carboxylic acids is 1. The standard InChI is InChI=1S/C30H35NO5S/c1-4-35-20-28(23-11-6-5-7-12-23)36-19-22-14-15-25(26(18-22)24-13-9-8-10-21(24)2)29(32)31-27(30(33)34)16-17-37-3/h5-15,18,27-28H,4,16-17,19-20H2,1-3H3,(H,31,32)(H,33,34)/t27-,28+/m0/s1. The maximum Gasteiger partial charge on any atom is 0.326 e. The van der Waals surface area contributed by atoms with Crippen molar-refractivity contribution >= 4 is 23.6 Å². The number of carbonyl (C=O) groups is 2. The van der Waals surface area contributed by atoms with Crippen LogP contribution in [-0.2, 0) is 20.9 Å². The lowest BCUT2D eigenvalue weighted by molar-refractivity contribution is -0.139. The molecule has 0 unspecified atom stereocenters. The molecular formula is C30H35NO5S. The Morgan fingerprint density at radius 2 is 1.73 bits per heavy atom. The smallest absolute Gasteiger partial charge is 0.326 e. The second-order valence-electron chi connectivity index (χ2n) is 8.71. The third-order valence-corrected chi connectivity index (χ3v) is 6.72. The third kappa shape index (κ3) is 8.18. The predicted molar refractivity (Wildman–Crippen MR) is 149 cm³/mol. The van der Waals surface area contributed by atoms with E-state index in [9.17, 15) is 14.7 Å². The van der Waals surface area contributed by atoms with Gasteiger partial charge < -0.3 is 19.9 Å². The molecule has 3 aromatic carbocycles. The van der Waals surface area contributed by atoms with Crippen LogP contribution < -0.4 is 5.32 Å². The molecule has 2 atom stereocenters. The predicted octanol–water partition coefficient (Wildman–Crippen LogP) is 5.89. The molecule has 0 saturated carbocycles. The van der Waals surface area contributed by atoms with Crippen molar-refractivity contribution in [2.24, 2.45) is 0 Å². The van der Waals surface area contributed by atoms with Crippen molar-refractivity contribution in [3.05, 3.63) is 95.1 Å². The van der Waals surface area contributed by atoms with Gasteiger partial charge in [-0.1, -0.05) is 60.7 Å². The molecule has 0 fully saturated rings. The van der Waals surface area contributed by atoms with Crippen LogP contribution in [-0.4, -0.2) is 48.2 Å². The summed E-state index contributed by atoms with van der Waals surface area (Å²) >= 11 is 1.55. The number of carboxylic acids is 1. The van der Waals surface area contributed by atoms with Gasteiger partial charge in [-0.3, -0.25) is 4.79 Å². The molecule has 0 saturated heterocycles. The van der Waals surface area contributed by atoms with E-state index in [-0.39, 0.29) is 6.10 Å². The second-order valence-corrected chi connectivity index (χ2v) is 9.70. The first-order valence-electron chi connectivity index (χ1n) is 12.4. The van der Waals surface area contributed by atoms with E-state index >= 15 is 0 Å². The van der Waals surface area contributed by atoms with Crippen LogP contribution in [0.5, 0.6) is 0 Å². The number of aliphatic carboxylic acids is 1. The molecule has 1 amide bonds. The fourth-order valence-corrected chi connectivity index (χ4v) is 4.51. The van der Waals surface area contributed by atoms with E-state index in [0.29, 0.717) is 37.6 Å². The van der Waals surface area contributed by atoms with Crippen LogP contribution in [0.2, 0.25) is 0 Å². The Kier molecular flexibility index (Phi) is 11.2. The van der Waals surface area contributed by atoms with Crippen molar-refractivity contribution in [3.63, 3.8) is 0 Å². The quantitative estimate of drug-likeness (QED) is 0.275. The first-order valence-corrected chi connectivity index (χ1v) is 13.8. The molecule has 0 aliphatic carbocycles. The number of ether oxygens (including phenoxy) is 2. The summed E-state index contributed by atoms with van der Waals surface area (Å²) in [6, 6.07) is 22.4. The number of thioether (sulfide) groups is 1. The molecule has 196 valence electrons. The van der Waals surface area contributed by atoms with Crippen molar-refractivity contribution in [2.75, 3.05) is 25.2 Å². The Morgan fingerprint density at radius 1 is 1.00 bits per heavy atom. The fraction of sp³-hybridized carbons (Fsp3) is 0.333. The summed E-state index contributed by atoms with van der Waals surface area (Å²) in [7, 11) is 0. The first-order chi connectivity index (χ1) is 17.9. The maximum atomic E-state index is 13.3. The zero-order chi connectivity index (χ0) is 26.6. The third-order valence-electron chi connectivity index (χ3n) is 6.07. The normalized spacial score (nSPS) is 12.6. The Balaban J connectivity index is 1.89. The van der Waals surface area contributed by atoms with Crippen LogP contribution in [0.25, 0.3) is 11.1 Å². The van der Waals surface area contributed by atoms with E-state index in [4.69, 9.17) is 9.47 Å². The van der Waals surface area contributed by atoms with E-state index in [1.165, 1.54) is 0 Å². The molecule has 3 aromatic rings. The van der Waals surface area contributed by atoms with Crippen LogP contribution in [0, 0.1) is 6.92 Å². The van der Waals surface area contributed by atoms with E-state index in [1.807, 2.05) is 86.8 Å². The number of rotatable bonds is 14. The van der Waals surface area contributed by atoms with Crippen LogP contribution in [0.15, 0.2) is 72.8 Å². The van der Waals surface area contributed by atoms with Gasteiger partial charge in [-0.2, -0.15) is 11.8 Å². The van der Waals surface area contributed by atoms with Crippen molar-refractivity contribution in [3.8, 4) is 11.1 Å². The van der Waals surface area contributed by atoms with Gasteiger partial charge in [0.1, 0.15) is 12.1 Å². The second kappa shape index (κ2) is 14.6. The summed E-state index contributed by atoms with van der Waals surface area (Å²) < 4.78 is 11.9. The molecule has 0 aliphatic rings. The molecule has 0 radical (unpaired) electrons. The highest BCUT2D eigenvalue weighted by molar-refractivity contribution is 7.98. The molecule has 0 bridgehead atoms. The Bertz CT molecular complexity index is 1170. The molecule has 0 aliphatic heterocycles. The average molecular weight is 522 g/mol. The molecule has 0 spiro atoms. The minimum atomic E-state index is -1.04. The SMILES string of the molecule is CCOC[C@@H](OCc1ccc(C(=O)N[C@@H](CCSC)C(=O)O)c(-c2ccccc2C)c1)c1ccccc1. The zero-order valence-electron chi connectivity index (χ0n) is 21.6. The van der Waals surface area contributed by atoms with E-state index < -0.39 is 17.9 Å². The highest BCUT2D eigenvalue weighted by Gasteiger charge is 2.23. The van der Waals surface area contributed by atoms with E-state index in [2.05, 4.69) is 5.32 Å². The number of hydrogen-bond donors (Lipinski definition) is 2. The first kappa shape index (κ1) is 28.4. The van der Waals surface area contributed by atoms with Gasteiger partial charge in [0, 0.05) is 12.2 Å². The number of carboxylic acid groups (broad SMARTS) is 1. The van der Waals surface area contributed by atoms with Crippen molar-refractivity contribution < 1.29 is 24.2 Å². The Hall–Kier alpha value is -3.13. The average Bonchev–Trinajstić information content (AvgIpc) is 2.91. The van der Waals surface area contributed by atoms with Gasteiger partial charge in [-0.15, -0.1) is 0 Å². The molecule has 37 heavy (non-hydrogen) atoms. The van der Waals surface area contributed by atoms with Crippen LogP contribution in [0.4, 0.5) is 0 Å². The number of amides is 1. The van der Waals surface area contributed by atoms with Crippen LogP contribution >= 0.6 is 11.8 Å². The molecule has 2 N–H and O–H groups in total. The minimum Gasteiger partial charge on any atom is -0.480 e. The highest BCUT2D eigenvalue weighted by Crippen LogP contribution is 2.29. The summed E-state index contributed by atoms with van der Waals surface area (Å²) in [6.45, 7) is 5.32. The lowest BCUT2D eigenvalue weighted by Crippen LogP contribution is -2.41. The number of hydrogen-bond acceptors (Lipinski definition) is 5. The highest BCUT2D eigenvalue weighted by atomic mass is 32.2. The van der Waals surface area contributed by atoms with Gasteiger partial charge in [0.05, 0.1) is 13.2 Å². The van der Waals surface area contributed by atoms with Gasteiger partial charge in [-0.25, -0.2) is 4.79 Å². The van der Waals surface area contributed by atoms with E-state index in [0.717, 1.165) is 27.8 Å². The number of aryl methyl sites for hydroxylation is 1. The summed E-state index contributed by atoms with van der Waals surface area (Å²) in [6.07, 6.45) is 2.04. The zero-order valence-corrected chi connectivity index (χ0v) is 22.4. The fourth-order valence-electron chi connectivity index (χ4n) is 4.04. The van der Waals surface area contributed by atoms with Crippen LogP contribution in [0.3, 0.4) is 0 Å². The minimum absolute atomic E-state index is 0.223. The number of benzene rings is 3. The molecule has 6 nitrogen and oxygen atoms in total. The van der Waals surface area contributed by atoms with E-state index in [1.54, 1.807) is 17.8 Å². The molecule has 3 rings (SSSR count). The maximum absolute atomic E-state index is 13.3. The van der Waals surface area contributed by atoms with Gasteiger partial charge >= 0.3 is 5.97 Å². The monoisotopic (exact) mass is 521 g/mol. The van der Waals surface area contributed by atoms with Crippen molar-refractivity contribution in [2.45, 2.75) is 39.0 Å². The van der Waals surface area contributed by atoms with Gasteiger partial charge in [0.2, 0.25) is 0 Å². The lowest BCUT2D eigenvalue weighted by Gasteiger charge is -2.20. The molecule has 0 heterocycles. The van der Waals surface area contributed by atoms with Crippen molar-refractivity contribution in [1.82, 2.24) is 5.32 Å². The molecular weight excluding hydrogens is 486 g/mol. The summed E-state index contributed by atoms with van der Waals surface area (Å²) in [5.74, 6) is -0.800. The summed E-state index contributed by atoms with van der Waals surface area (Å²) in [5, 5.41) is 12.3. The lowest BCUT2D eigenvalue weighted by atomic mass is 9.93. The van der Waals surface area contributed by atoms with Crippen molar-refractivity contribution in [1.29, 1.82) is 0 Å². The molecule has 7 heteroatoms. The Morgan fingerprint density at radius 3 is 2.41 bits per heavy atom.